The van der Waals surface area contributed by atoms with Gasteiger partial charge in [0.25, 0.3) is 5.56 Å². The Morgan fingerprint density at radius 3 is 2.50 bits per heavy atom. The van der Waals surface area contributed by atoms with Crippen molar-refractivity contribution in [3.05, 3.63) is 61.8 Å². The standard InChI is InChI=1S/C20H20ClN3O4/c1-4-5-10-24-17-16(18(25)23(2)20(24)27)14(19(26)28-3)11-15(22-17)12-6-8-13(21)9-7-12/h6-9,11H,4-5,10H2,1-3H3. The summed E-state index contributed by atoms with van der Waals surface area (Å²) in [5.41, 5.74) is 0.345. The molecule has 0 fully saturated rings. The third-order valence-corrected chi connectivity index (χ3v) is 4.82. The van der Waals surface area contributed by atoms with Gasteiger partial charge in [0, 0.05) is 24.2 Å². The number of hydrogen-bond donors (Lipinski definition) is 0. The predicted molar refractivity (Wildman–Crippen MR) is 108 cm³/mol. The minimum absolute atomic E-state index is 0.0720. The number of ether oxygens (including phenoxy) is 1. The Morgan fingerprint density at radius 2 is 1.89 bits per heavy atom. The average Bonchev–Trinajstić information content (AvgIpc) is 2.71. The summed E-state index contributed by atoms with van der Waals surface area (Å²) in [7, 11) is 2.63. The van der Waals surface area contributed by atoms with Crippen LogP contribution in [0.25, 0.3) is 22.3 Å². The van der Waals surface area contributed by atoms with E-state index in [4.69, 9.17) is 16.3 Å². The lowest BCUT2D eigenvalue weighted by Crippen LogP contribution is -2.39. The van der Waals surface area contributed by atoms with E-state index in [0.717, 1.165) is 17.4 Å². The fraction of sp³-hybridized carbons (Fsp3) is 0.300. The molecule has 0 aliphatic rings. The zero-order valence-corrected chi connectivity index (χ0v) is 16.6. The maximum absolute atomic E-state index is 12.8. The Bertz CT molecular complexity index is 1160. The molecule has 0 amide bonds. The van der Waals surface area contributed by atoms with Crippen molar-refractivity contribution < 1.29 is 9.53 Å². The molecule has 28 heavy (non-hydrogen) atoms. The molecule has 0 aliphatic carbocycles. The van der Waals surface area contributed by atoms with Crippen molar-refractivity contribution in [3.8, 4) is 11.3 Å². The number of halogens is 1. The largest absolute Gasteiger partial charge is 0.465 e. The normalized spacial score (nSPS) is 11.0. The number of rotatable bonds is 5. The third-order valence-electron chi connectivity index (χ3n) is 4.57. The van der Waals surface area contributed by atoms with Crippen LogP contribution in [0.3, 0.4) is 0 Å². The van der Waals surface area contributed by atoms with Gasteiger partial charge in [-0.3, -0.25) is 13.9 Å². The maximum atomic E-state index is 12.8. The quantitative estimate of drug-likeness (QED) is 0.614. The lowest BCUT2D eigenvalue weighted by atomic mass is 10.1. The number of nitrogens with zero attached hydrogens (tertiary/aromatic N) is 3. The second kappa shape index (κ2) is 7.98. The van der Waals surface area contributed by atoms with Crippen molar-refractivity contribution in [1.29, 1.82) is 0 Å². The van der Waals surface area contributed by atoms with Crippen LogP contribution in [0.2, 0.25) is 5.02 Å². The van der Waals surface area contributed by atoms with E-state index >= 15 is 0 Å². The molecule has 0 unspecified atom stereocenters. The van der Waals surface area contributed by atoms with Crippen LogP contribution < -0.4 is 11.2 Å². The number of pyridine rings is 1. The Kier molecular flexibility index (Phi) is 5.65. The molecule has 146 valence electrons. The SMILES string of the molecule is CCCCn1c(=O)n(C)c(=O)c2c(C(=O)OC)cc(-c3ccc(Cl)cc3)nc21. The van der Waals surface area contributed by atoms with Gasteiger partial charge in [-0.2, -0.15) is 0 Å². The number of benzene rings is 1. The number of fused-ring (bicyclic) bond motifs is 1. The van der Waals surface area contributed by atoms with Gasteiger partial charge >= 0.3 is 11.7 Å². The molecule has 0 N–H and O–H groups in total. The van der Waals surface area contributed by atoms with Crippen LogP contribution in [0, 0.1) is 0 Å². The molecule has 1 aromatic carbocycles. The number of methoxy groups -OCH3 is 1. The zero-order valence-electron chi connectivity index (χ0n) is 15.9. The number of hydrogen-bond acceptors (Lipinski definition) is 5. The molecule has 0 saturated carbocycles. The van der Waals surface area contributed by atoms with E-state index in [-0.39, 0.29) is 16.6 Å². The van der Waals surface area contributed by atoms with Crippen LogP contribution in [-0.2, 0) is 18.3 Å². The van der Waals surface area contributed by atoms with Crippen molar-refractivity contribution in [3.63, 3.8) is 0 Å². The van der Waals surface area contributed by atoms with Crippen LogP contribution in [-0.4, -0.2) is 27.2 Å². The summed E-state index contributed by atoms with van der Waals surface area (Å²) in [5.74, 6) is -0.666. The van der Waals surface area contributed by atoms with Crippen LogP contribution in [0.1, 0.15) is 30.1 Å². The molecule has 0 atom stereocenters. The second-order valence-electron chi connectivity index (χ2n) is 6.40. The average molecular weight is 402 g/mol. The van der Waals surface area contributed by atoms with Crippen molar-refractivity contribution in [2.45, 2.75) is 26.3 Å². The summed E-state index contributed by atoms with van der Waals surface area (Å²) in [5, 5.41) is 0.634. The van der Waals surface area contributed by atoms with Gasteiger partial charge in [0.2, 0.25) is 0 Å². The van der Waals surface area contributed by atoms with Gasteiger partial charge in [-0.05, 0) is 24.6 Å². The summed E-state index contributed by atoms with van der Waals surface area (Å²) >= 11 is 5.96. The molecule has 0 radical (unpaired) electrons. The minimum atomic E-state index is -0.666. The highest BCUT2D eigenvalue weighted by molar-refractivity contribution is 6.30. The molecule has 3 aromatic rings. The third kappa shape index (κ3) is 3.45. The van der Waals surface area contributed by atoms with E-state index in [1.54, 1.807) is 24.3 Å². The van der Waals surface area contributed by atoms with Gasteiger partial charge in [-0.15, -0.1) is 0 Å². The lowest BCUT2D eigenvalue weighted by molar-refractivity contribution is 0.0603. The molecule has 0 saturated heterocycles. The van der Waals surface area contributed by atoms with E-state index in [1.165, 1.54) is 24.8 Å². The summed E-state index contributed by atoms with van der Waals surface area (Å²) in [6.07, 6.45) is 1.59. The fourth-order valence-corrected chi connectivity index (χ4v) is 3.15. The Hall–Kier alpha value is -2.93. The highest BCUT2D eigenvalue weighted by Crippen LogP contribution is 2.24. The highest BCUT2D eigenvalue weighted by Gasteiger charge is 2.21. The molecule has 0 bridgehead atoms. The smallest absolute Gasteiger partial charge is 0.338 e. The first kappa shape index (κ1) is 19.8. The first-order valence-corrected chi connectivity index (χ1v) is 9.25. The topological polar surface area (TPSA) is 83.2 Å². The minimum Gasteiger partial charge on any atom is -0.465 e. The summed E-state index contributed by atoms with van der Waals surface area (Å²) in [4.78, 5) is 42.5. The van der Waals surface area contributed by atoms with Gasteiger partial charge in [0.15, 0.2) is 5.65 Å². The number of carbonyl (C=O) groups is 1. The molecule has 3 rings (SSSR count). The van der Waals surface area contributed by atoms with E-state index in [1.807, 2.05) is 6.92 Å². The summed E-state index contributed by atoms with van der Waals surface area (Å²) in [6, 6.07) is 8.43. The zero-order chi connectivity index (χ0) is 20.4. The summed E-state index contributed by atoms with van der Waals surface area (Å²) < 4.78 is 7.31. The van der Waals surface area contributed by atoms with Gasteiger partial charge in [0.05, 0.1) is 23.8 Å². The van der Waals surface area contributed by atoms with E-state index in [9.17, 15) is 14.4 Å². The van der Waals surface area contributed by atoms with Gasteiger partial charge in [-0.1, -0.05) is 37.1 Å². The number of esters is 1. The number of carbonyl (C=O) groups excluding carboxylic acids is 1. The summed E-state index contributed by atoms with van der Waals surface area (Å²) in [6.45, 7) is 2.39. The monoisotopic (exact) mass is 401 g/mol. The van der Waals surface area contributed by atoms with Crippen LogP contribution in [0.4, 0.5) is 0 Å². The van der Waals surface area contributed by atoms with Crippen molar-refractivity contribution in [2.75, 3.05) is 7.11 Å². The van der Waals surface area contributed by atoms with Gasteiger partial charge < -0.3 is 4.74 Å². The van der Waals surface area contributed by atoms with Crippen LogP contribution in [0.5, 0.6) is 0 Å². The van der Waals surface area contributed by atoms with Crippen molar-refractivity contribution in [1.82, 2.24) is 14.1 Å². The molecular weight excluding hydrogens is 382 g/mol. The highest BCUT2D eigenvalue weighted by atomic mass is 35.5. The molecule has 2 heterocycles. The first-order valence-electron chi connectivity index (χ1n) is 8.87. The Labute approximate surface area is 166 Å². The van der Waals surface area contributed by atoms with E-state index in [2.05, 4.69) is 4.98 Å². The van der Waals surface area contributed by atoms with Gasteiger partial charge in [0.1, 0.15) is 0 Å². The Balaban J connectivity index is 2.45. The molecular formula is C20H20ClN3O4. The van der Waals surface area contributed by atoms with Crippen molar-refractivity contribution in [2.24, 2.45) is 7.05 Å². The van der Waals surface area contributed by atoms with Crippen LogP contribution >= 0.6 is 11.6 Å². The maximum Gasteiger partial charge on any atom is 0.338 e. The van der Waals surface area contributed by atoms with E-state index in [0.29, 0.717) is 22.8 Å². The molecule has 2 aromatic heterocycles. The predicted octanol–water partition coefficient (Wildman–Crippen LogP) is 3.00. The Morgan fingerprint density at radius 1 is 1.21 bits per heavy atom. The number of aromatic nitrogens is 3. The van der Waals surface area contributed by atoms with Gasteiger partial charge in [-0.25, -0.2) is 14.6 Å². The first-order chi connectivity index (χ1) is 13.4. The number of unbranched alkanes of at least 4 members (excludes halogenated alkanes) is 1. The lowest BCUT2D eigenvalue weighted by Gasteiger charge is -2.14. The number of aryl methyl sites for hydroxylation is 1. The molecule has 0 spiro atoms. The molecule has 0 aliphatic heterocycles. The fourth-order valence-electron chi connectivity index (χ4n) is 3.02. The van der Waals surface area contributed by atoms with E-state index < -0.39 is 17.2 Å². The van der Waals surface area contributed by atoms with Crippen LogP contribution in [0.15, 0.2) is 39.9 Å². The second-order valence-corrected chi connectivity index (χ2v) is 6.84. The molecule has 8 heteroatoms. The van der Waals surface area contributed by atoms with Crippen molar-refractivity contribution >= 4 is 28.6 Å². The molecule has 7 nitrogen and oxygen atoms in total.